The minimum Gasteiger partial charge on any atom is -0.497 e. The van der Waals surface area contributed by atoms with Crippen LogP contribution in [-0.2, 0) is 26.2 Å². The highest BCUT2D eigenvalue weighted by Gasteiger charge is 2.34. The molecule has 41 heavy (non-hydrogen) atoms. The van der Waals surface area contributed by atoms with Gasteiger partial charge in [0, 0.05) is 12.6 Å². The van der Waals surface area contributed by atoms with E-state index in [0.29, 0.717) is 11.4 Å². The Hall–Kier alpha value is -3.85. The molecule has 218 valence electrons. The summed E-state index contributed by atoms with van der Waals surface area (Å²) in [4.78, 5) is 29.0. The van der Waals surface area contributed by atoms with Crippen LogP contribution in [0.1, 0.15) is 49.3 Å². The van der Waals surface area contributed by atoms with Crippen molar-refractivity contribution in [3.05, 3.63) is 89.5 Å². The molecule has 4 rings (SSSR count). The number of amides is 2. The molecule has 0 radical (unpaired) electrons. The molecule has 8 nitrogen and oxygen atoms in total. The van der Waals surface area contributed by atoms with E-state index in [1.54, 1.807) is 56.5 Å². The SMILES string of the molecule is COc1ccc(CN(C(=O)CN(c2cccc(C)c2C)S(=O)(=O)c2ccccc2)[C@@H](C)C(=O)NC2CCCC2)cc1. The zero-order chi connectivity index (χ0) is 29.6. The predicted molar refractivity (Wildman–Crippen MR) is 160 cm³/mol. The summed E-state index contributed by atoms with van der Waals surface area (Å²) in [5, 5.41) is 3.09. The Morgan fingerprint density at radius 3 is 2.24 bits per heavy atom. The lowest BCUT2D eigenvalue weighted by Gasteiger charge is -2.33. The smallest absolute Gasteiger partial charge is 0.264 e. The molecule has 1 N–H and O–H groups in total. The van der Waals surface area contributed by atoms with Gasteiger partial charge in [0.1, 0.15) is 18.3 Å². The van der Waals surface area contributed by atoms with Crippen molar-refractivity contribution in [3.8, 4) is 5.75 Å². The number of nitrogens with zero attached hydrogens (tertiary/aromatic N) is 2. The average Bonchev–Trinajstić information content (AvgIpc) is 3.49. The van der Waals surface area contributed by atoms with E-state index in [1.807, 2.05) is 32.0 Å². The second kappa shape index (κ2) is 13.2. The summed E-state index contributed by atoms with van der Waals surface area (Å²) in [5.41, 5.74) is 2.88. The van der Waals surface area contributed by atoms with Gasteiger partial charge in [0.05, 0.1) is 17.7 Å². The van der Waals surface area contributed by atoms with Gasteiger partial charge in [0.2, 0.25) is 11.8 Å². The number of methoxy groups -OCH3 is 1. The number of hydrogen-bond donors (Lipinski definition) is 1. The van der Waals surface area contributed by atoms with Gasteiger partial charge in [-0.3, -0.25) is 13.9 Å². The fourth-order valence-electron chi connectivity index (χ4n) is 5.14. The van der Waals surface area contributed by atoms with Crippen LogP contribution in [0.3, 0.4) is 0 Å². The number of sulfonamides is 1. The van der Waals surface area contributed by atoms with Gasteiger partial charge in [-0.05, 0) is 80.6 Å². The van der Waals surface area contributed by atoms with Crippen LogP contribution in [0.25, 0.3) is 0 Å². The zero-order valence-corrected chi connectivity index (χ0v) is 25.0. The molecule has 1 fully saturated rings. The molecule has 1 atom stereocenters. The van der Waals surface area contributed by atoms with Crippen molar-refractivity contribution in [2.45, 2.75) is 70.0 Å². The van der Waals surface area contributed by atoms with Crippen molar-refractivity contribution >= 4 is 27.5 Å². The maximum atomic E-state index is 14.1. The molecule has 1 saturated carbocycles. The van der Waals surface area contributed by atoms with Gasteiger partial charge in [-0.1, -0.05) is 55.3 Å². The van der Waals surface area contributed by atoms with Gasteiger partial charge in [-0.15, -0.1) is 0 Å². The van der Waals surface area contributed by atoms with E-state index in [2.05, 4.69) is 5.32 Å². The molecular formula is C32H39N3O5S. The third kappa shape index (κ3) is 7.08. The molecule has 0 unspecified atom stereocenters. The Labute approximate surface area is 243 Å². The zero-order valence-electron chi connectivity index (χ0n) is 24.2. The molecule has 0 heterocycles. The minimum absolute atomic E-state index is 0.0856. The number of nitrogens with one attached hydrogen (secondary N) is 1. The first-order valence-electron chi connectivity index (χ1n) is 14.0. The highest BCUT2D eigenvalue weighted by Crippen LogP contribution is 2.29. The van der Waals surface area contributed by atoms with Crippen molar-refractivity contribution in [2.24, 2.45) is 0 Å². The maximum Gasteiger partial charge on any atom is 0.264 e. The molecule has 9 heteroatoms. The monoisotopic (exact) mass is 577 g/mol. The van der Waals surface area contributed by atoms with Crippen LogP contribution in [0.5, 0.6) is 5.75 Å². The van der Waals surface area contributed by atoms with Crippen LogP contribution >= 0.6 is 0 Å². The second-order valence-corrected chi connectivity index (χ2v) is 12.4. The fraction of sp³-hybridized carbons (Fsp3) is 0.375. The Bertz CT molecular complexity index is 1450. The van der Waals surface area contributed by atoms with Gasteiger partial charge in [0.25, 0.3) is 10.0 Å². The summed E-state index contributed by atoms with van der Waals surface area (Å²) >= 11 is 0. The number of hydrogen-bond acceptors (Lipinski definition) is 5. The van der Waals surface area contributed by atoms with Crippen LogP contribution in [0.4, 0.5) is 5.69 Å². The maximum absolute atomic E-state index is 14.1. The van der Waals surface area contributed by atoms with Crippen molar-refractivity contribution < 1.29 is 22.7 Å². The normalized spacial score (nSPS) is 14.3. The summed E-state index contributed by atoms with van der Waals surface area (Å²) in [6.45, 7) is 5.11. The summed E-state index contributed by atoms with van der Waals surface area (Å²) in [7, 11) is -2.52. The lowest BCUT2D eigenvalue weighted by atomic mass is 10.1. The molecule has 0 spiro atoms. The second-order valence-electron chi connectivity index (χ2n) is 10.6. The lowest BCUT2D eigenvalue weighted by Crippen LogP contribution is -2.52. The van der Waals surface area contributed by atoms with Gasteiger partial charge < -0.3 is 15.0 Å². The Balaban J connectivity index is 1.70. The first-order chi connectivity index (χ1) is 19.6. The average molecular weight is 578 g/mol. The highest BCUT2D eigenvalue weighted by atomic mass is 32.2. The molecule has 0 saturated heterocycles. The van der Waals surface area contributed by atoms with Crippen LogP contribution in [0.2, 0.25) is 0 Å². The lowest BCUT2D eigenvalue weighted by molar-refractivity contribution is -0.139. The predicted octanol–water partition coefficient (Wildman–Crippen LogP) is 4.98. The molecular weight excluding hydrogens is 538 g/mol. The van der Waals surface area contributed by atoms with E-state index < -0.39 is 28.5 Å². The molecule has 0 bridgehead atoms. The topological polar surface area (TPSA) is 96.0 Å². The number of rotatable bonds is 11. The first kappa shape index (κ1) is 30.1. The van der Waals surface area contributed by atoms with E-state index >= 15 is 0 Å². The van der Waals surface area contributed by atoms with Gasteiger partial charge in [-0.25, -0.2) is 8.42 Å². The molecule has 3 aromatic carbocycles. The number of aryl methyl sites for hydroxylation is 1. The van der Waals surface area contributed by atoms with Crippen molar-refractivity contribution in [1.82, 2.24) is 10.2 Å². The van der Waals surface area contributed by atoms with Crippen LogP contribution in [0, 0.1) is 13.8 Å². The van der Waals surface area contributed by atoms with Crippen LogP contribution in [-0.4, -0.2) is 50.9 Å². The summed E-state index contributed by atoms with van der Waals surface area (Å²) in [5.74, 6) is -0.0491. The van der Waals surface area contributed by atoms with Crippen molar-refractivity contribution in [1.29, 1.82) is 0 Å². The summed E-state index contributed by atoms with van der Waals surface area (Å²) < 4.78 is 34.4. The van der Waals surface area contributed by atoms with E-state index in [-0.39, 0.29) is 23.4 Å². The van der Waals surface area contributed by atoms with Gasteiger partial charge in [0.15, 0.2) is 0 Å². The van der Waals surface area contributed by atoms with Crippen molar-refractivity contribution in [3.63, 3.8) is 0 Å². The fourth-order valence-corrected chi connectivity index (χ4v) is 6.63. The number of carbonyl (C=O) groups is 2. The van der Waals surface area contributed by atoms with Crippen LogP contribution in [0.15, 0.2) is 77.7 Å². The number of carbonyl (C=O) groups excluding carboxylic acids is 2. The van der Waals surface area contributed by atoms with Crippen molar-refractivity contribution in [2.75, 3.05) is 18.0 Å². The number of ether oxygens (including phenoxy) is 1. The third-order valence-corrected chi connectivity index (χ3v) is 9.61. The molecule has 3 aromatic rings. The number of benzene rings is 3. The molecule has 2 amide bonds. The molecule has 1 aliphatic rings. The summed E-state index contributed by atoms with van der Waals surface area (Å²) in [6, 6.07) is 20.0. The largest absolute Gasteiger partial charge is 0.497 e. The Morgan fingerprint density at radius 1 is 0.951 bits per heavy atom. The van der Waals surface area contributed by atoms with E-state index in [1.165, 1.54) is 17.0 Å². The number of anilines is 1. The standard InChI is InChI=1S/C32H39N3O5S/c1-23-11-10-16-30(24(23)2)35(41(38,39)29-14-6-5-7-15-29)22-31(36)34(21-26-17-19-28(40-4)20-18-26)25(3)32(37)33-27-12-8-9-13-27/h5-7,10-11,14-20,25,27H,8-9,12-13,21-22H2,1-4H3,(H,33,37)/t25-/m0/s1. The minimum atomic E-state index is -4.10. The van der Waals surface area contributed by atoms with E-state index in [4.69, 9.17) is 4.74 Å². The van der Waals surface area contributed by atoms with E-state index in [9.17, 15) is 18.0 Å². The first-order valence-corrected chi connectivity index (χ1v) is 15.4. The Kier molecular flexibility index (Phi) is 9.70. The van der Waals surface area contributed by atoms with Gasteiger partial charge in [-0.2, -0.15) is 0 Å². The highest BCUT2D eigenvalue weighted by molar-refractivity contribution is 7.92. The third-order valence-electron chi connectivity index (χ3n) is 7.84. The molecule has 0 aliphatic heterocycles. The van der Waals surface area contributed by atoms with Gasteiger partial charge >= 0.3 is 0 Å². The Morgan fingerprint density at radius 2 is 1.61 bits per heavy atom. The van der Waals surface area contributed by atoms with Crippen LogP contribution < -0.4 is 14.4 Å². The van der Waals surface area contributed by atoms with E-state index in [0.717, 1.165) is 46.7 Å². The summed E-state index contributed by atoms with van der Waals surface area (Å²) in [6.07, 6.45) is 3.97. The quantitative estimate of drug-likeness (QED) is 0.347. The molecule has 0 aromatic heterocycles. The molecule has 1 aliphatic carbocycles.